The minimum Gasteiger partial charge on any atom is -0.324 e. The fourth-order valence-electron chi connectivity index (χ4n) is 2.30. The van der Waals surface area contributed by atoms with Gasteiger partial charge in [0.2, 0.25) is 5.91 Å². The summed E-state index contributed by atoms with van der Waals surface area (Å²) in [5.41, 5.74) is -0.450. The van der Waals surface area contributed by atoms with Gasteiger partial charge in [0.1, 0.15) is 5.82 Å². The zero-order valence-electron chi connectivity index (χ0n) is 15.5. The van der Waals surface area contributed by atoms with Crippen molar-refractivity contribution in [3.05, 3.63) is 64.0 Å². The molecule has 9 heteroatoms. The predicted molar refractivity (Wildman–Crippen MR) is 104 cm³/mol. The van der Waals surface area contributed by atoms with Gasteiger partial charge in [-0.15, -0.1) is 0 Å². The number of hydrogen-bond donors (Lipinski definition) is 3. The minimum absolute atomic E-state index is 0.0143. The van der Waals surface area contributed by atoms with Crippen LogP contribution in [0.15, 0.2) is 42.5 Å². The number of nitrogens with one attached hydrogen (secondary N) is 3. The number of para-hydroxylation sites is 1. The monoisotopic (exact) mass is 388 g/mol. The third kappa shape index (κ3) is 5.58. The Morgan fingerprint density at radius 2 is 1.86 bits per heavy atom. The molecule has 0 spiro atoms. The van der Waals surface area contributed by atoms with Gasteiger partial charge in [0.25, 0.3) is 11.6 Å². The molecule has 148 valence electrons. The van der Waals surface area contributed by atoms with Gasteiger partial charge in [-0.1, -0.05) is 19.1 Å². The van der Waals surface area contributed by atoms with E-state index in [9.17, 15) is 24.1 Å². The van der Waals surface area contributed by atoms with E-state index in [1.165, 1.54) is 36.4 Å². The van der Waals surface area contributed by atoms with E-state index in [-0.39, 0.29) is 35.2 Å². The van der Waals surface area contributed by atoms with Crippen LogP contribution in [-0.4, -0.2) is 29.3 Å². The van der Waals surface area contributed by atoms with Gasteiger partial charge in [0, 0.05) is 18.2 Å². The van der Waals surface area contributed by atoms with Gasteiger partial charge >= 0.3 is 0 Å². The number of nitro benzene ring substituents is 1. The Morgan fingerprint density at radius 1 is 1.14 bits per heavy atom. The van der Waals surface area contributed by atoms with E-state index >= 15 is 0 Å². The molecular formula is C19H21FN4O4. The number of rotatable bonds is 8. The van der Waals surface area contributed by atoms with Gasteiger partial charge in [-0.25, -0.2) is 4.39 Å². The van der Waals surface area contributed by atoms with Gasteiger partial charge in [-0.3, -0.25) is 19.7 Å². The molecule has 2 rings (SSSR count). The third-order valence-electron chi connectivity index (χ3n) is 4.08. The van der Waals surface area contributed by atoms with Crippen molar-refractivity contribution in [2.75, 3.05) is 17.2 Å². The maximum atomic E-state index is 13.8. The van der Waals surface area contributed by atoms with Gasteiger partial charge in [-0.05, 0) is 31.5 Å². The van der Waals surface area contributed by atoms with Crippen LogP contribution in [0.2, 0.25) is 0 Å². The highest BCUT2D eigenvalue weighted by molar-refractivity contribution is 6.10. The summed E-state index contributed by atoms with van der Waals surface area (Å²) in [6.07, 6.45) is 0.834. The zero-order chi connectivity index (χ0) is 20.7. The summed E-state index contributed by atoms with van der Waals surface area (Å²) >= 11 is 0. The van der Waals surface area contributed by atoms with Gasteiger partial charge < -0.3 is 16.0 Å². The Hall–Kier alpha value is -3.33. The predicted octanol–water partition coefficient (Wildman–Crippen LogP) is 3.31. The SMILES string of the molecule is CC[C@@H](C)NCC(=O)Nc1ccc([N+](=O)[O-])cc1C(=O)Nc1ccccc1F. The highest BCUT2D eigenvalue weighted by Crippen LogP contribution is 2.24. The molecule has 0 saturated heterocycles. The van der Waals surface area contributed by atoms with Crippen molar-refractivity contribution in [1.82, 2.24) is 5.32 Å². The quantitative estimate of drug-likeness (QED) is 0.474. The van der Waals surface area contributed by atoms with Crippen LogP contribution in [0.4, 0.5) is 21.5 Å². The van der Waals surface area contributed by atoms with Crippen molar-refractivity contribution < 1.29 is 18.9 Å². The number of halogens is 1. The molecule has 2 aromatic carbocycles. The van der Waals surface area contributed by atoms with Crippen LogP contribution in [-0.2, 0) is 4.79 Å². The highest BCUT2D eigenvalue weighted by Gasteiger charge is 2.19. The van der Waals surface area contributed by atoms with Crippen LogP contribution in [0.3, 0.4) is 0 Å². The molecule has 8 nitrogen and oxygen atoms in total. The highest BCUT2D eigenvalue weighted by atomic mass is 19.1. The van der Waals surface area contributed by atoms with E-state index in [1.54, 1.807) is 0 Å². The molecule has 0 heterocycles. The van der Waals surface area contributed by atoms with Crippen LogP contribution in [0, 0.1) is 15.9 Å². The summed E-state index contributed by atoms with van der Waals surface area (Å²) in [4.78, 5) is 35.1. The van der Waals surface area contributed by atoms with Gasteiger partial charge in [-0.2, -0.15) is 0 Å². The molecule has 2 amide bonds. The van der Waals surface area contributed by atoms with E-state index in [2.05, 4.69) is 16.0 Å². The summed E-state index contributed by atoms with van der Waals surface area (Å²) in [7, 11) is 0. The first-order chi connectivity index (χ1) is 13.3. The Labute approximate surface area is 161 Å². The zero-order valence-corrected chi connectivity index (χ0v) is 15.5. The summed E-state index contributed by atoms with van der Waals surface area (Å²) < 4.78 is 13.8. The summed E-state index contributed by atoms with van der Waals surface area (Å²) in [6, 6.07) is 9.15. The first-order valence-corrected chi connectivity index (χ1v) is 8.69. The van der Waals surface area contributed by atoms with E-state index in [0.717, 1.165) is 12.5 Å². The molecule has 0 aliphatic carbocycles. The lowest BCUT2D eigenvalue weighted by atomic mass is 10.1. The number of non-ortho nitro benzene ring substituents is 1. The molecule has 1 atom stereocenters. The van der Waals surface area contributed by atoms with Crippen molar-refractivity contribution in [2.45, 2.75) is 26.3 Å². The van der Waals surface area contributed by atoms with E-state index in [1.807, 2.05) is 13.8 Å². The van der Waals surface area contributed by atoms with Crippen molar-refractivity contribution in [2.24, 2.45) is 0 Å². The number of nitrogens with zero attached hydrogens (tertiary/aromatic N) is 1. The van der Waals surface area contributed by atoms with Crippen molar-refractivity contribution in [1.29, 1.82) is 0 Å². The number of carbonyl (C=O) groups excluding carboxylic acids is 2. The smallest absolute Gasteiger partial charge is 0.270 e. The molecule has 0 fully saturated rings. The maximum Gasteiger partial charge on any atom is 0.270 e. The summed E-state index contributed by atoms with van der Waals surface area (Å²) in [6.45, 7) is 3.91. The number of hydrogen-bond acceptors (Lipinski definition) is 5. The Morgan fingerprint density at radius 3 is 2.50 bits per heavy atom. The summed E-state index contributed by atoms with van der Waals surface area (Å²) in [5, 5.41) is 19.0. The molecule has 0 unspecified atom stereocenters. The molecule has 0 aromatic heterocycles. The first kappa shape index (κ1) is 21.0. The number of nitro groups is 1. The number of carbonyl (C=O) groups is 2. The van der Waals surface area contributed by atoms with Crippen LogP contribution in [0.1, 0.15) is 30.6 Å². The Kier molecular flexibility index (Phi) is 7.16. The number of benzene rings is 2. The van der Waals surface area contributed by atoms with Crippen LogP contribution < -0.4 is 16.0 Å². The second-order valence-electron chi connectivity index (χ2n) is 6.16. The van der Waals surface area contributed by atoms with Crippen LogP contribution in [0.5, 0.6) is 0 Å². The van der Waals surface area contributed by atoms with Crippen molar-refractivity contribution in [3.8, 4) is 0 Å². The fraction of sp³-hybridized carbons (Fsp3) is 0.263. The average Bonchev–Trinajstić information content (AvgIpc) is 2.67. The molecule has 0 saturated carbocycles. The number of amides is 2. The molecule has 0 aliphatic rings. The van der Waals surface area contributed by atoms with E-state index < -0.39 is 22.6 Å². The van der Waals surface area contributed by atoms with Gasteiger partial charge in [0.05, 0.1) is 28.4 Å². The molecule has 0 radical (unpaired) electrons. The standard InChI is InChI=1S/C19H21FN4O4/c1-3-12(2)21-11-18(25)22-16-9-8-13(24(27)28)10-14(16)19(26)23-17-7-5-4-6-15(17)20/h4-10,12,21H,3,11H2,1-2H3,(H,22,25)(H,23,26)/t12-/m1/s1. The lowest BCUT2D eigenvalue weighted by molar-refractivity contribution is -0.384. The van der Waals surface area contributed by atoms with Gasteiger partial charge in [0.15, 0.2) is 0 Å². The van der Waals surface area contributed by atoms with Crippen molar-refractivity contribution >= 4 is 28.9 Å². The normalized spacial score (nSPS) is 11.5. The lowest BCUT2D eigenvalue weighted by Gasteiger charge is -2.14. The topological polar surface area (TPSA) is 113 Å². The molecule has 0 bridgehead atoms. The average molecular weight is 388 g/mol. The Bertz CT molecular complexity index is 888. The second kappa shape index (κ2) is 9.56. The van der Waals surface area contributed by atoms with Crippen molar-refractivity contribution in [3.63, 3.8) is 0 Å². The minimum atomic E-state index is -0.779. The van der Waals surface area contributed by atoms with Crippen LogP contribution >= 0.6 is 0 Å². The number of anilines is 2. The van der Waals surface area contributed by atoms with E-state index in [4.69, 9.17) is 0 Å². The Balaban J connectivity index is 2.25. The van der Waals surface area contributed by atoms with E-state index in [0.29, 0.717) is 0 Å². The first-order valence-electron chi connectivity index (χ1n) is 8.69. The fourth-order valence-corrected chi connectivity index (χ4v) is 2.30. The second-order valence-corrected chi connectivity index (χ2v) is 6.16. The molecule has 0 aliphatic heterocycles. The molecular weight excluding hydrogens is 367 g/mol. The summed E-state index contributed by atoms with van der Waals surface area (Å²) in [5.74, 6) is -1.84. The maximum absolute atomic E-state index is 13.8. The largest absolute Gasteiger partial charge is 0.324 e. The molecule has 3 N–H and O–H groups in total. The third-order valence-corrected chi connectivity index (χ3v) is 4.08. The molecule has 28 heavy (non-hydrogen) atoms. The van der Waals surface area contributed by atoms with Crippen LogP contribution in [0.25, 0.3) is 0 Å². The molecule has 2 aromatic rings. The lowest BCUT2D eigenvalue weighted by Crippen LogP contribution is -2.34.